The monoisotopic (exact) mass is 366 g/mol. The molecular weight excluding hydrogens is 350 g/mol. The van der Waals surface area contributed by atoms with Crippen molar-refractivity contribution in [3.05, 3.63) is 54.0 Å². The van der Waals surface area contributed by atoms with E-state index in [2.05, 4.69) is 10.6 Å². The number of amides is 2. The Morgan fingerprint density at radius 1 is 1.12 bits per heavy atom. The summed E-state index contributed by atoms with van der Waals surface area (Å²) in [5, 5.41) is 4.65. The molecule has 9 heteroatoms. The van der Waals surface area contributed by atoms with Gasteiger partial charge in [0, 0.05) is 11.8 Å². The minimum Gasteiger partial charge on any atom is -0.459 e. The molecule has 138 valence electrons. The van der Waals surface area contributed by atoms with Gasteiger partial charge in [-0.3, -0.25) is 9.59 Å². The molecule has 2 N–H and O–H groups in total. The highest BCUT2D eigenvalue weighted by Crippen LogP contribution is 2.13. The van der Waals surface area contributed by atoms with E-state index in [0.717, 1.165) is 18.2 Å². The Morgan fingerprint density at radius 3 is 2.46 bits per heavy atom. The molecule has 1 heterocycles. The Labute approximate surface area is 147 Å². The number of ether oxygens (including phenoxy) is 1. The maximum Gasteiger partial charge on any atom is 0.329 e. The summed E-state index contributed by atoms with van der Waals surface area (Å²) >= 11 is 0. The number of hydrogen-bond donors (Lipinski definition) is 2. The van der Waals surface area contributed by atoms with Crippen molar-refractivity contribution in [3.8, 4) is 0 Å². The quantitative estimate of drug-likeness (QED) is 0.764. The van der Waals surface area contributed by atoms with E-state index < -0.39 is 41.6 Å². The minimum atomic E-state index is -1.22. The first kappa shape index (κ1) is 19.1. The molecule has 2 amide bonds. The SMILES string of the molecule is C[C@H](NC(=O)c1ccco1)C(=O)O[C@H](C)C(=O)Nc1ccc(F)c(F)c1. The lowest BCUT2D eigenvalue weighted by Gasteiger charge is -2.17. The number of furan rings is 1. The second-order valence-corrected chi connectivity index (χ2v) is 5.37. The molecule has 0 unspecified atom stereocenters. The smallest absolute Gasteiger partial charge is 0.329 e. The van der Waals surface area contributed by atoms with Crippen molar-refractivity contribution in [2.45, 2.75) is 26.0 Å². The lowest BCUT2D eigenvalue weighted by molar-refractivity contribution is -0.154. The Hall–Kier alpha value is -3.23. The molecule has 1 aromatic carbocycles. The first-order valence-corrected chi connectivity index (χ1v) is 7.58. The van der Waals surface area contributed by atoms with Crippen LogP contribution < -0.4 is 10.6 Å². The predicted octanol–water partition coefficient (Wildman–Crippen LogP) is 2.25. The van der Waals surface area contributed by atoms with E-state index in [0.29, 0.717) is 0 Å². The largest absolute Gasteiger partial charge is 0.459 e. The van der Waals surface area contributed by atoms with Crippen LogP contribution in [-0.4, -0.2) is 29.9 Å². The van der Waals surface area contributed by atoms with Crippen LogP contribution in [-0.2, 0) is 14.3 Å². The molecule has 0 aliphatic rings. The van der Waals surface area contributed by atoms with Crippen molar-refractivity contribution in [3.63, 3.8) is 0 Å². The van der Waals surface area contributed by atoms with Gasteiger partial charge >= 0.3 is 5.97 Å². The topological polar surface area (TPSA) is 97.6 Å². The standard InChI is InChI=1S/C17H16F2N2O5/c1-9(20-16(23)14-4-3-7-25-14)17(24)26-10(2)15(22)21-11-5-6-12(18)13(19)8-11/h3-10H,1-2H3,(H,20,23)(H,21,22)/t9-,10+/m0/s1. The number of carbonyl (C=O) groups excluding carboxylic acids is 3. The highest BCUT2D eigenvalue weighted by Gasteiger charge is 2.24. The van der Waals surface area contributed by atoms with Gasteiger partial charge in [-0.25, -0.2) is 13.6 Å². The van der Waals surface area contributed by atoms with Crippen LogP contribution in [0.1, 0.15) is 24.4 Å². The van der Waals surface area contributed by atoms with Gasteiger partial charge in [0.2, 0.25) is 0 Å². The van der Waals surface area contributed by atoms with Gasteiger partial charge in [0.25, 0.3) is 11.8 Å². The molecular formula is C17H16F2N2O5. The normalized spacial score (nSPS) is 12.8. The van der Waals surface area contributed by atoms with Gasteiger partial charge < -0.3 is 19.8 Å². The third-order valence-electron chi connectivity index (χ3n) is 3.30. The van der Waals surface area contributed by atoms with Crippen LogP contribution in [0.4, 0.5) is 14.5 Å². The number of anilines is 1. The van der Waals surface area contributed by atoms with Crippen LogP contribution in [0, 0.1) is 11.6 Å². The Kier molecular flexibility index (Phi) is 6.05. The van der Waals surface area contributed by atoms with Gasteiger partial charge in [0.05, 0.1) is 6.26 Å². The third-order valence-corrected chi connectivity index (χ3v) is 3.30. The Morgan fingerprint density at radius 2 is 1.85 bits per heavy atom. The number of nitrogens with one attached hydrogen (secondary N) is 2. The first-order valence-electron chi connectivity index (χ1n) is 7.58. The van der Waals surface area contributed by atoms with Crippen molar-refractivity contribution < 1.29 is 32.3 Å². The number of rotatable bonds is 6. The molecule has 0 fully saturated rings. The van der Waals surface area contributed by atoms with Gasteiger partial charge in [-0.05, 0) is 38.1 Å². The molecule has 0 radical (unpaired) electrons. The van der Waals surface area contributed by atoms with Crippen molar-refractivity contribution in [1.29, 1.82) is 0 Å². The maximum atomic E-state index is 13.1. The summed E-state index contributed by atoms with van der Waals surface area (Å²) in [7, 11) is 0. The molecule has 7 nitrogen and oxygen atoms in total. The molecule has 0 aliphatic heterocycles. The maximum absolute atomic E-state index is 13.1. The van der Waals surface area contributed by atoms with Crippen LogP contribution in [0.15, 0.2) is 41.0 Å². The van der Waals surface area contributed by atoms with E-state index >= 15 is 0 Å². The molecule has 0 saturated heterocycles. The fraction of sp³-hybridized carbons (Fsp3) is 0.235. The minimum absolute atomic E-state index is 0.0102. The zero-order valence-electron chi connectivity index (χ0n) is 13.9. The van der Waals surface area contributed by atoms with E-state index in [1.54, 1.807) is 0 Å². The van der Waals surface area contributed by atoms with Crippen molar-refractivity contribution in [2.75, 3.05) is 5.32 Å². The van der Waals surface area contributed by atoms with E-state index in [9.17, 15) is 23.2 Å². The van der Waals surface area contributed by atoms with E-state index in [1.165, 1.54) is 32.2 Å². The van der Waals surface area contributed by atoms with Gasteiger partial charge in [-0.2, -0.15) is 0 Å². The van der Waals surface area contributed by atoms with Gasteiger partial charge in [-0.1, -0.05) is 0 Å². The highest BCUT2D eigenvalue weighted by atomic mass is 19.2. The van der Waals surface area contributed by atoms with Crippen molar-refractivity contribution in [2.24, 2.45) is 0 Å². The van der Waals surface area contributed by atoms with Crippen LogP contribution in [0.25, 0.3) is 0 Å². The second kappa shape index (κ2) is 8.24. The average Bonchev–Trinajstić information content (AvgIpc) is 3.12. The summed E-state index contributed by atoms with van der Waals surface area (Å²) in [6.07, 6.45) is 0.0846. The number of carbonyl (C=O) groups is 3. The van der Waals surface area contributed by atoms with Crippen LogP contribution >= 0.6 is 0 Å². The number of benzene rings is 1. The zero-order valence-corrected chi connectivity index (χ0v) is 13.9. The molecule has 0 bridgehead atoms. The number of hydrogen-bond acceptors (Lipinski definition) is 5. The fourth-order valence-corrected chi connectivity index (χ4v) is 1.88. The third kappa shape index (κ3) is 4.88. The summed E-state index contributed by atoms with van der Waals surface area (Å²) in [6.45, 7) is 2.68. The molecule has 2 atom stereocenters. The summed E-state index contributed by atoms with van der Waals surface area (Å²) in [5.74, 6) is -4.36. The number of halogens is 2. The van der Waals surface area contributed by atoms with E-state index in [-0.39, 0.29) is 11.4 Å². The lowest BCUT2D eigenvalue weighted by Crippen LogP contribution is -2.42. The summed E-state index contributed by atoms with van der Waals surface area (Å²) in [5.41, 5.74) is 0.0102. The highest BCUT2D eigenvalue weighted by molar-refractivity contribution is 5.97. The first-order chi connectivity index (χ1) is 12.3. The molecule has 2 aromatic rings. The second-order valence-electron chi connectivity index (χ2n) is 5.37. The number of esters is 1. The fourth-order valence-electron chi connectivity index (χ4n) is 1.88. The predicted molar refractivity (Wildman–Crippen MR) is 86.2 cm³/mol. The molecule has 0 aliphatic carbocycles. The van der Waals surface area contributed by atoms with Crippen molar-refractivity contribution in [1.82, 2.24) is 5.32 Å². The Balaban J connectivity index is 1.87. The molecule has 0 saturated carbocycles. The van der Waals surface area contributed by atoms with Crippen molar-refractivity contribution >= 4 is 23.5 Å². The summed E-state index contributed by atoms with van der Waals surface area (Å²) < 4.78 is 35.8. The van der Waals surface area contributed by atoms with E-state index in [1.807, 2.05) is 0 Å². The van der Waals surface area contributed by atoms with Crippen LogP contribution in [0.2, 0.25) is 0 Å². The van der Waals surface area contributed by atoms with Crippen LogP contribution in [0.5, 0.6) is 0 Å². The molecule has 0 spiro atoms. The van der Waals surface area contributed by atoms with Gasteiger partial charge in [0.15, 0.2) is 23.5 Å². The summed E-state index contributed by atoms with van der Waals surface area (Å²) in [4.78, 5) is 35.7. The molecule has 1 aromatic heterocycles. The Bertz CT molecular complexity index is 807. The molecule has 26 heavy (non-hydrogen) atoms. The zero-order chi connectivity index (χ0) is 19.3. The van der Waals surface area contributed by atoms with Crippen LogP contribution in [0.3, 0.4) is 0 Å². The molecule has 2 rings (SSSR count). The van der Waals surface area contributed by atoms with Gasteiger partial charge in [0.1, 0.15) is 6.04 Å². The van der Waals surface area contributed by atoms with E-state index in [4.69, 9.17) is 9.15 Å². The summed E-state index contributed by atoms with van der Waals surface area (Å²) in [6, 6.07) is 4.72. The average molecular weight is 366 g/mol. The lowest BCUT2D eigenvalue weighted by atomic mass is 10.2. The van der Waals surface area contributed by atoms with Gasteiger partial charge in [-0.15, -0.1) is 0 Å².